The van der Waals surface area contributed by atoms with Gasteiger partial charge in [-0.3, -0.25) is 9.59 Å². The van der Waals surface area contributed by atoms with Crippen molar-refractivity contribution in [1.82, 2.24) is 0 Å². The first-order valence-corrected chi connectivity index (χ1v) is 8.33. The molecule has 0 spiro atoms. The van der Waals surface area contributed by atoms with Crippen LogP contribution in [0.5, 0.6) is 0 Å². The van der Waals surface area contributed by atoms with Crippen LogP contribution in [0.2, 0.25) is 10.0 Å². The molecular formula is C18H16Cl2N2O2. The van der Waals surface area contributed by atoms with Gasteiger partial charge in [-0.1, -0.05) is 35.3 Å². The maximum absolute atomic E-state index is 12.5. The summed E-state index contributed by atoms with van der Waals surface area (Å²) in [6.45, 7) is 2.22. The van der Waals surface area contributed by atoms with Crippen LogP contribution in [0.25, 0.3) is 0 Å². The quantitative estimate of drug-likeness (QED) is 0.884. The van der Waals surface area contributed by atoms with Crippen LogP contribution >= 0.6 is 23.2 Å². The fraction of sp³-hybridized carbons (Fsp3) is 0.222. The number of nitrogens with one attached hydrogen (secondary N) is 1. The molecule has 1 saturated heterocycles. The number of nitrogens with zero attached hydrogens (tertiary/aromatic N) is 1. The standard InChI is InChI=1S/C18H16Cl2N2O2/c1-11-3-2-4-15(20)17(11)21-18(24)12-9-16(23)22(10-12)14-7-5-13(19)6-8-14/h2-8,12H,9-10H2,1H3,(H,21,24)/t12-/m1/s1. The minimum absolute atomic E-state index is 0.0756. The highest BCUT2D eigenvalue weighted by Crippen LogP contribution is 2.29. The smallest absolute Gasteiger partial charge is 0.229 e. The van der Waals surface area contributed by atoms with Crippen LogP contribution in [-0.4, -0.2) is 18.4 Å². The summed E-state index contributed by atoms with van der Waals surface area (Å²) in [4.78, 5) is 26.4. The van der Waals surface area contributed by atoms with Gasteiger partial charge in [0, 0.05) is 23.7 Å². The molecule has 4 nitrogen and oxygen atoms in total. The SMILES string of the molecule is Cc1cccc(Cl)c1NC(=O)[C@@H]1CC(=O)N(c2ccc(Cl)cc2)C1. The van der Waals surface area contributed by atoms with Gasteiger partial charge in [-0.2, -0.15) is 0 Å². The Labute approximate surface area is 150 Å². The Kier molecular flexibility index (Phi) is 4.78. The Hall–Kier alpha value is -2.04. The van der Waals surface area contributed by atoms with Crippen molar-refractivity contribution in [2.24, 2.45) is 5.92 Å². The number of rotatable bonds is 3. The van der Waals surface area contributed by atoms with Gasteiger partial charge >= 0.3 is 0 Å². The van der Waals surface area contributed by atoms with Gasteiger partial charge in [0.1, 0.15) is 0 Å². The van der Waals surface area contributed by atoms with E-state index in [1.165, 1.54) is 0 Å². The van der Waals surface area contributed by atoms with E-state index in [0.29, 0.717) is 22.3 Å². The van der Waals surface area contributed by atoms with Crippen LogP contribution in [0.1, 0.15) is 12.0 Å². The molecule has 3 rings (SSSR count). The molecule has 0 bridgehead atoms. The second-order valence-corrected chi connectivity index (χ2v) is 6.65. The number of hydrogen-bond acceptors (Lipinski definition) is 2. The third-order valence-electron chi connectivity index (χ3n) is 4.10. The van der Waals surface area contributed by atoms with Crippen LogP contribution < -0.4 is 10.2 Å². The van der Waals surface area contributed by atoms with E-state index in [0.717, 1.165) is 11.3 Å². The highest BCUT2D eigenvalue weighted by molar-refractivity contribution is 6.34. The number of hydrogen-bond donors (Lipinski definition) is 1. The summed E-state index contributed by atoms with van der Waals surface area (Å²) >= 11 is 12.0. The summed E-state index contributed by atoms with van der Waals surface area (Å²) in [5, 5.41) is 3.94. The number of benzene rings is 2. The highest BCUT2D eigenvalue weighted by Gasteiger charge is 2.35. The molecule has 0 radical (unpaired) electrons. The number of amides is 2. The lowest BCUT2D eigenvalue weighted by molar-refractivity contribution is -0.122. The largest absolute Gasteiger partial charge is 0.324 e. The molecule has 0 aliphatic carbocycles. The number of aryl methyl sites for hydroxylation is 1. The summed E-state index contributed by atoms with van der Waals surface area (Å²) in [5.74, 6) is -0.687. The summed E-state index contributed by atoms with van der Waals surface area (Å²) in [7, 11) is 0. The van der Waals surface area contributed by atoms with Crippen molar-refractivity contribution < 1.29 is 9.59 Å². The molecule has 2 amide bonds. The van der Waals surface area contributed by atoms with Crippen LogP contribution in [-0.2, 0) is 9.59 Å². The zero-order valence-corrected chi connectivity index (χ0v) is 14.6. The van der Waals surface area contributed by atoms with Crippen molar-refractivity contribution >= 4 is 46.4 Å². The second-order valence-electron chi connectivity index (χ2n) is 5.80. The molecule has 1 N–H and O–H groups in total. The molecule has 1 heterocycles. The minimum Gasteiger partial charge on any atom is -0.324 e. The zero-order valence-electron chi connectivity index (χ0n) is 13.1. The topological polar surface area (TPSA) is 49.4 Å². The lowest BCUT2D eigenvalue weighted by atomic mass is 10.1. The molecule has 2 aromatic carbocycles. The normalized spacial score (nSPS) is 17.2. The van der Waals surface area contributed by atoms with E-state index < -0.39 is 5.92 Å². The molecule has 6 heteroatoms. The lowest BCUT2D eigenvalue weighted by Crippen LogP contribution is -2.28. The number of carbonyl (C=O) groups is 2. The van der Waals surface area contributed by atoms with Crippen molar-refractivity contribution in [1.29, 1.82) is 0 Å². The molecule has 1 aliphatic heterocycles. The monoisotopic (exact) mass is 362 g/mol. The van der Waals surface area contributed by atoms with Gasteiger partial charge in [-0.05, 0) is 42.8 Å². The van der Waals surface area contributed by atoms with E-state index >= 15 is 0 Å². The predicted octanol–water partition coefficient (Wildman–Crippen LogP) is 4.29. The van der Waals surface area contributed by atoms with Crippen LogP contribution in [0, 0.1) is 12.8 Å². The van der Waals surface area contributed by atoms with Gasteiger partial charge in [0.2, 0.25) is 11.8 Å². The molecule has 2 aromatic rings. The number of carbonyl (C=O) groups excluding carboxylic acids is 2. The van der Waals surface area contributed by atoms with Crippen molar-refractivity contribution in [3.8, 4) is 0 Å². The van der Waals surface area contributed by atoms with Crippen molar-refractivity contribution in [2.75, 3.05) is 16.8 Å². The van der Waals surface area contributed by atoms with Gasteiger partial charge in [-0.15, -0.1) is 0 Å². The maximum Gasteiger partial charge on any atom is 0.229 e. The summed E-state index contributed by atoms with van der Waals surface area (Å²) < 4.78 is 0. The molecular weight excluding hydrogens is 347 g/mol. The number of anilines is 2. The number of para-hydroxylation sites is 1. The molecule has 24 heavy (non-hydrogen) atoms. The Morgan fingerprint density at radius 2 is 1.88 bits per heavy atom. The van der Waals surface area contributed by atoms with Crippen LogP contribution in [0.3, 0.4) is 0 Å². The van der Waals surface area contributed by atoms with E-state index in [2.05, 4.69) is 5.32 Å². The van der Waals surface area contributed by atoms with E-state index in [-0.39, 0.29) is 18.2 Å². The van der Waals surface area contributed by atoms with Gasteiger partial charge in [-0.25, -0.2) is 0 Å². The zero-order chi connectivity index (χ0) is 17.3. The van der Waals surface area contributed by atoms with Crippen LogP contribution in [0.15, 0.2) is 42.5 Å². The van der Waals surface area contributed by atoms with Gasteiger partial charge in [0.25, 0.3) is 0 Å². The molecule has 1 atom stereocenters. The lowest BCUT2D eigenvalue weighted by Gasteiger charge is -2.17. The average molecular weight is 363 g/mol. The maximum atomic E-state index is 12.5. The van der Waals surface area contributed by atoms with E-state index in [9.17, 15) is 9.59 Å². The third kappa shape index (κ3) is 3.40. The highest BCUT2D eigenvalue weighted by atomic mass is 35.5. The predicted molar refractivity (Wildman–Crippen MR) is 96.7 cm³/mol. The van der Waals surface area contributed by atoms with Crippen molar-refractivity contribution in [3.05, 3.63) is 58.1 Å². The first-order chi connectivity index (χ1) is 11.5. The Balaban J connectivity index is 1.73. The fourth-order valence-electron chi connectivity index (χ4n) is 2.77. The summed E-state index contributed by atoms with van der Waals surface area (Å²) in [6, 6.07) is 12.4. The molecule has 0 unspecified atom stereocenters. The average Bonchev–Trinajstić information content (AvgIpc) is 2.94. The molecule has 0 aromatic heterocycles. The Morgan fingerprint density at radius 1 is 1.17 bits per heavy atom. The Bertz CT molecular complexity index is 770. The van der Waals surface area contributed by atoms with Gasteiger partial charge < -0.3 is 10.2 Å². The molecule has 124 valence electrons. The van der Waals surface area contributed by atoms with E-state index in [1.807, 2.05) is 19.1 Å². The van der Waals surface area contributed by atoms with Crippen molar-refractivity contribution in [2.45, 2.75) is 13.3 Å². The van der Waals surface area contributed by atoms with Crippen LogP contribution in [0.4, 0.5) is 11.4 Å². The first kappa shape index (κ1) is 16.8. The third-order valence-corrected chi connectivity index (χ3v) is 4.67. The molecule has 1 fully saturated rings. The molecule has 0 saturated carbocycles. The first-order valence-electron chi connectivity index (χ1n) is 7.57. The van der Waals surface area contributed by atoms with Crippen molar-refractivity contribution in [3.63, 3.8) is 0 Å². The second kappa shape index (κ2) is 6.83. The van der Waals surface area contributed by atoms with E-state index in [1.54, 1.807) is 35.2 Å². The summed E-state index contributed by atoms with van der Waals surface area (Å²) in [5.41, 5.74) is 2.23. The summed E-state index contributed by atoms with van der Waals surface area (Å²) in [6.07, 6.45) is 0.179. The minimum atomic E-state index is -0.413. The molecule has 1 aliphatic rings. The van der Waals surface area contributed by atoms with Gasteiger partial charge in [0.15, 0.2) is 0 Å². The fourth-order valence-corrected chi connectivity index (χ4v) is 3.16. The number of halogens is 2. The van der Waals surface area contributed by atoms with E-state index in [4.69, 9.17) is 23.2 Å². The van der Waals surface area contributed by atoms with Gasteiger partial charge in [0.05, 0.1) is 16.6 Å². The Morgan fingerprint density at radius 3 is 2.54 bits per heavy atom.